The lowest BCUT2D eigenvalue weighted by molar-refractivity contribution is 0.0988. The molecule has 0 bridgehead atoms. The van der Waals surface area contributed by atoms with Gasteiger partial charge in [0.25, 0.3) is 0 Å². The molecular weight excluding hydrogens is 186 g/mol. The van der Waals surface area contributed by atoms with Gasteiger partial charge in [-0.15, -0.1) is 6.42 Å². The second kappa shape index (κ2) is 5.21. The largest absolute Gasteiger partial charge is 0.372 e. The highest BCUT2D eigenvalue weighted by molar-refractivity contribution is 5.96. The zero-order valence-corrected chi connectivity index (χ0v) is 9.08. The number of hydrogen-bond donors (Lipinski definition) is 1. The van der Waals surface area contributed by atoms with E-state index in [1.807, 2.05) is 38.1 Å². The first-order valence-electron chi connectivity index (χ1n) is 5.03. The molecule has 0 aliphatic heterocycles. The van der Waals surface area contributed by atoms with Crippen LogP contribution in [-0.4, -0.2) is 11.8 Å². The van der Waals surface area contributed by atoms with Crippen LogP contribution in [0.4, 0.5) is 5.69 Å². The fraction of sp³-hybridized carbons (Fsp3) is 0.308. The number of carbonyl (C=O) groups is 1. The SMILES string of the molecule is C#CC(C)Nc1ccc(C(=O)CC)cc1. The maximum atomic E-state index is 11.4. The normalized spacial score (nSPS) is 11.5. The van der Waals surface area contributed by atoms with Gasteiger partial charge in [0.2, 0.25) is 0 Å². The van der Waals surface area contributed by atoms with Crippen LogP contribution in [0.25, 0.3) is 0 Å². The summed E-state index contributed by atoms with van der Waals surface area (Å²) in [6, 6.07) is 7.38. The number of terminal acetylenes is 1. The topological polar surface area (TPSA) is 29.1 Å². The third-order valence-electron chi connectivity index (χ3n) is 2.16. The summed E-state index contributed by atoms with van der Waals surface area (Å²) >= 11 is 0. The molecule has 2 nitrogen and oxygen atoms in total. The van der Waals surface area contributed by atoms with Gasteiger partial charge < -0.3 is 5.32 Å². The highest BCUT2D eigenvalue weighted by Gasteiger charge is 2.02. The van der Waals surface area contributed by atoms with E-state index in [-0.39, 0.29) is 11.8 Å². The van der Waals surface area contributed by atoms with Gasteiger partial charge in [-0.1, -0.05) is 12.8 Å². The highest BCUT2D eigenvalue weighted by atomic mass is 16.1. The molecule has 1 aromatic rings. The van der Waals surface area contributed by atoms with Gasteiger partial charge in [-0.25, -0.2) is 0 Å². The lowest BCUT2D eigenvalue weighted by Gasteiger charge is -2.09. The zero-order chi connectivity index (χ0) is 11.3. The van der Waals surface area contributed by atoms with E-state index in [1.54, 1.807) is 0 Å². The predicted octanol–water partition coefficient (Wildman–Crippen LogP) is 2.71. The van der Waals surface area contributed by atoms with E-state index in [2.05, 4.69) is 11.2 Å². The summed E-state index contributed by atoms with van der Waals surface area (Å²) in [7, 11) is 0. The van der Waals surface area contributed by atoms with Gasteiger partial charge in [0.1, 0.15) is 0 Å². The van der Waals surface area contributed by atoms with Crippen molar-refractivity contribution in [3.63, 3.8) is 0 Å². The Morgan fingerprint density at radius 3 is 2.53 bits per heavy atom. The molecule has 1 N–H and O–H groups in total. The van der Waals surface area contributed by atoms with Gasteiger partial charge in [-0.3, -0.25) is 4.79 Å². The van der Waals surface area contributed by atoms with E-state index in [1.165, 1.54) is 0 Å². The Bertz CT molecular complexity index is 373. The first-order valence-corrected chi connectivity index (χ1v) is 5.03. The Balaban J connectivity index is 2.73. The standard InChI is InChI=1S/C13H15NO/c1-4-10(3)14-12-8-6-11(7-9-12)13(15)5-2/h1,6-10,14H,5H2,2-3H3. The summed E-state index contributed by atoms with van der Waals surface area (Å²) in [5.74, 6) is 2.74. The Morgan fingerprint density at radius 2 is 2.07 bits per heavy atom. The van der Waals surface area contributed by atoms with Crippen molar-refractivity contribution < 1.29 is 4.79 Å². The third-order valence-corrected chi connectivity index (χ3v) is 2.16. The summed E-state index contributed by atoms with van der Waals surface area (Å²) in [6.07, 6.45) is 5.79. The monoisotopic (exact) mass is 201 g/mol. The summed E-state index contributed by atoms with van der Waals surface area (Å²) < 4.78 is 0. The van der Waals surface area contributed by atoms with Crippen LogP contribution in [0, 0.1) is 12.3 Å². The minimum absolute atomic E-state index is 0.00210. The highest BCUT2D eigenvalue weighted by Crippen LogP contribution is 2.11. The number of benzene rings is 1. The van der Waals surface area contributed by atoms with E-state index in [9.17, 15) is 4.79 Å². The molecule has 78 valence electrons. The van der Waals surface area contributed by atoms with Crippen molar-refractivity contribution in [2.45, 2.75) is 26.3 Å². The van der Waals surface area contributed by atoms with Gasteiger partial charge in [-0.2, -0.15) is 0 Å². The van der Waals surface area contributed by atoms with Crippen LogP contribution in [0.15, 0.2) is 24.3 Å². The minimum atomic E-state index is -0.00210. The molecule has 0 aliphatic carbocycles. The lowest BCUT2D eigenvalue weighted by atomic mass is 10.1. The minimum Gasteiger partial charge on any atom is -0.372 e. The van der Waals surface area contributed by atoms with Crippen LogP contribution in [0.2, 0.25) is 0 Å². The molecular formula is C13H15NO. The molecule has 0 fully saturated rings. The molecule has 15 heavy (non-hydrogen) atoms. The molecule has 0 spiro atoms. The number of ketones is 1. The average Bonchev–Trinajstić information content (AvgIpc) is 2.29. The van der Waals surface area contributed by atoms with E-state index in [0.29, 0.717) is 6.42 Å². The van der Waals surface area contributed by atoms with Gasteiger partial charge in [-0.05, 0) is 31.2 Å². The molecule has 2 heteroatoms. The van der Waals surface area contributed by atoms with Crippen LogP contribution >= 0.6 is 0 Å². The van der Waals surface area contributed by atoms with Crippen molar-refractivity contribution in [2.75, 3.05) is 5.32 Å². The summed E-state index contributed by atoms with van der Waals surface area (Å²) in [5.41, 5.74) is 1.68. The number of hydrogen-bond acceptors (Lipinski definition) is 2. The van der Waals surface area contributed by atoms with Crippen LogP contribution in [-0.2, 0) is 0 Å². The molecule has 0 aliphatic rings. The van der Waals surface area contributed by atoms with E-state index < -0.39 is 0 Å². The first kappa shape index (κ1) is 11.3. The van der Waals surface area contributed by atoms with Gasteiger partial charge in [0.15, 0.2) is 5.78 Å². The molecule has 0 saturated carbocycles. The summed E-state index contributed by atoms with van der Waals surface area (Å²) in [5, 5.41) is 3.13. The molecule has 0 heterocycles. The van der Waals surface area contributed by atoms with Crippen LogP contribution in [0.5, 0.6) is 0 Å². The average molecular weight is 201 g/mol. The first-order chi connectivity index (χ1) is 7.17. The van der Waals surface area contributed by atoms with Crippen LogP contribution in [0.3, 0.4) is 0 Å². The Hall–Kier alpha value is -1.75. The van der Waals surface area contributed by atoms with Crippen LogP contribution < -0.4 is 5.32 Å². The van der Waals surface area contributed by atoms with Crippen molar-refractivity contribution in [1.82, 2.24) is 0 Å². The van der Waals surface area contributed by atoms with E-state index in [4.69, 9.17) is 6.42 Å². The van der Waals surface area contributed by atoms with Gasteiger partial charge in [0, 0.05) is 17.7 Å². The van der Waals surface area contributed by atoms with Crippen molar-refractivity contribution in [3.05, 3.63) is 29.8 Å². The summed E-state index contributed by atoms with van der Waals surface area (Å²) in [4.78, 5) is 11.4. The molecule has 1 unspecified atom stereocenters. The van der Waals surface area contributed by atoms with Crippen molar-refractivity contribution in [2.24, 2.45) is 0 Å². The fourth-order valence-electron chi connectivity index (χ4n) is 1.25. The Kier molecular flexibility index (Phi) is 3.93. The fourth-order valence-corrected chi connectivity index (χ4v) is 1.25. The number of carbonyl (C=O) groups excluding carboxylic acids is 1. The number of rotatable bonds is 4. The molecule has 0 amide bonds. The number of nitrogens with one attached hydrogen (secondary N) is 1. The van der Waals surface area contributed by atoms with Gasteiger partial charge >= 0.3 is 0 Å². The Labute approximate surface area is 90.7 Å². The quantitative estimate of drug-likeness (QED) is 0.599. The molecule has 1 aromatic carbocycles. The smallest absolute Gasteiger partial charge is 0.162 e. The van der Waals surface area contributed by atoms with E-state index in [0.717, 1.165) is 11.3 Å². The summed E-state index contributed by atoms with van der Waals surface area (Å²) in [6.45, 7) is 3.76. The maximum absolute atomic E-state index is 11.4. The maximum Gasteiger partial charge on any atom is 0.162 e. The lowest BCUT2D eigenvalue weighted by Crippen LogP contribution is -2.11. The van der Waals surface area contributed by atoms with Crippen molar-refractivity contribution in [3.8, 4) is 12.3 Å². The van der Waals surface area contributed by atoms with E-state index >= 15 is 0 Å². The molecule has 1 rings (SSSR count). The molecule has 0 radical (unpaired) electrons. The molecule has 1 atom stereocenters. The zero-order valence-electron chi connectivity index (χ0n) is 9.08. The second-order valence-corrected chi connectivity index (χ2v) is 3.39. The Morgan fingerprint density at radius 1 is 1.47 bits per heavy atom. The molecule has 0 aromatic heterocycles. The van der Waals surface area contributed by atoms with Crippen molar-refractivity contribution >= 4 is 11.5 Å². The second-order valence-electron chi connectivity index (χ2n) is 3.39. The van der Waals surface area contributed by atoms with Gasteiger partial charge in [0.05, 0.1) is 6.04 Å². The predicted molar refractivity (Wildman–Crippen MR) is 63.0 cm³/mol. The van der Waals surface area contributed by atoms with Crippen molar-refractivity contribution in [1.29, 1.82) is 0 Å². The number of Topliss-reactive ketones (excluding diaryl/α,β-unsaturated/α-hetero) is 1. The molecule has 0 saturated heterocycles. The van der Waals surface area contributed by atoms with Crippen LogP contribution in [0.1, 0.15) is 30.6 Å². The number of anilines is 1. The third kappa shape index (κ3) is 3.14.